The monoisotopic (exact) mass is 516 g/mol. The standard InChI is InChI=1S/C30H33FN4O3/c1-3-26(23-7-5-4-6-8-23)30(38)35-17-15-34(16-18-35)28-14-13-25(33-21(2)36)19-27(28)29(37)32-20-22-9-11-24(31)12-10-22/h4-14,19,26H,3,15-18,20H2,1-2H3,(H,32,37)(H,33,36)/t26-/m0/s1. The average molecular weight is 517 g/mol. The smallest absolute Gasteiger partial charge is 0.253 e. The first-order valence-electron chi connectivity index (χ1n) is 12.9. The number of carbonyl (C=O) groups is 3. The quantitative estimate of drug-likeness (QED) is 0.460. The average Bonchev–Trinajstić information content (AvgIpc) is 2.93. The first kappa shape index (κ1) is 26.9. The number of hydrogen-bond donors (Lipinski definition) is 2. The molecule has 3 aromatic carbocycles. The molecular weight excluding hydrogens is 483 g/mol. The zero-order valence-electron chi connectivity index (χ0n) is 21.7. The molecule has 1 fully saturated rings. The van der Waals surface area contributed by atoms with Crippen LogP contribution >= 0.6 is 0 Å². The molecule has 7 nitrogen and oxygen atoms in total. The lowest BCUT2D eigenvalue weighted by molar-refractivity contribution is -0.133. The van der Waals surface area contributed by atoms with Crippen LogP contribution in [0.25, 0.3) is 0 Å². The highest BCUT2D eigenvalue weighted by molar-refractivity contribution is 6.02. The molecule has 1 saturated heterocycles. The molecule has 0 unspecified atom stereocenters. The summed E-state index contributed by atoms with van der Waals surface area (Å²) in [6.45, 7) is 5.93. The number of halogens is 1. The fourth-order valence-corrected chi connectivity index (χ4v) is 4.78. The van der Waals surface area contributed by atoms with Crippen molar-refractivity contribution in [2.24, 2.45) is 0 Å². The van der Waals surface area contributed by atoms with E-state index in [0.717, 1.165) is 23.2 Å². The highest BCUT2D eigenvalue weighted by Gasteiger charge is 2.29. The van der Waals surface area contributed by atoms with E-state index in [2.05, 4.69) is 15.5 Å². The molecule has 1 aliphatic heterocycles. The van der Waals surface area contributed by atoms with E-state index >= 15 is 0 Å². The fourth-order valence-electron chi connectivity index (χ4n) is 4.78. The highest BCUT2D eigenvalue weighted by atomic mass is 19.1. The molecule has 0 radical (unpaired) electrons. The Morgan fingerprint density at radius 2 is 1.61 bits per heavy atom. The molecule has 4 rings (SSSR count). The topological polar surface area (TPSA) is 81.8 Å². The number of nitrogens with zero attached hydrogens (tertiary/aromatic N) is 2. The predicted molar refractivity (Wildman–Crippen MR) is 147 cm³/mol. The highest BCUT2D eigenvalue weighted by Crippen LogP contribution is 2.28. The van der Waals surface area contributed by atoms with Crippen LogP contribution in [0, 0.1) is 5.82 Å². The fraction of sp³-hybridized carbons (Fsp3) is 0.300. The summed E-state index contributed by atoms with van der Waals surface area (Å²) in [4.78, 5) is 42.2. The van der Waals surface area contributed by atoms with Crippen LogP contribution in [0.3, 0.4) is 0 Å². The summed E-state index contributed by atoms with van der Waals surface area (Å²) in [5.74, 6) is -0.919. The number of hydrogen-bond acceptors (Lipinski definition) is 4. The van der Waals surface area contributed by atoms with Gasteiger partial charge in [-0.1, -0.05) is 49.4 Å². The third-order valence-electron chi connectivity index (χ3n) is 6.77. The van der Waals surface area contributed by atoms with Crippen molar-refractivity contribution in [3.05, 3.63) is 95.3 Å². The Labute approximate surface area is 222 Å². The maximum absolute atomic E-state index is 13.3. The lowest BCUT2D eigenvalue weighted by Gasteiger charge is -2.38. The van der Waals surface area contributed by atoms with Gasteiger partial charge in [0.1, 0.15) is 5.82 Å². The van der Waals surface area contributed by atoms with E-state index in [-0.39, 0.29) is 36.0 Å². The van der Waals surface area contributed by atoms with E-state index in [1.807, 2.05) is 48.2 Å². The van der Waals surface area contributed by atoms with Crippen molar-refractivity contribution in [1.29, 1.82) is 0 Å². The van der Waals surface area contributed by atoms with E-state index in [1.54, 1.807) is 24.3 Å². The minimum atomic E-state index is -0.336. The van der Waals surface area contributed by atoms with Crippen LogP contribution in [0.5, 0.6) is 0 Å². The molecule has 1 aliphatic rings. The molecular formula is C30H33FN4O3. The predicted octanol–water partition coefficient (Wildman–Crippen LogP) is 4.56. The maximum Gasteiger partial charge on any atom is 0.253 e. The van der Waals surface area contributed by atoms with Gasteiger partial charge < -0.3 is 20.4 Å². The van der Waals surface area contributed by atoms with Crippen molar-refractivity contribution in [1.82, 2.24) is 10.2 Å². The van der Waals surface area contributed by atoms with Crippen LogP contribution in [-0.2, 0) is 16.1 Å². The molecule has 8 heteroatoms. The molecule has 1 atom stereocenters. The van der Waals surface area contributed by atoms with E-state index < -0.39 is 0 Å². The van der Waals surface area contributed by atoms with Crippen LogP contribution in [0.2, 0.25) is 0 Å². The zero-order valence-corrected chi connectivity index (χ0v) is 21.7. The third-order valence-corrected chi connectivity index (χ3v) is 6.77. The summed E-state index contributed by atoms with van der Waals surface area (Å²) >= 11 is 0. The van der Waals surface area contributed by atoms with Crippen molar-refractivity contribution >= 4 is 29.1 Å². The molecule has 3 amide bonds. The number of rotatable bonds is 8. The largest absolute Gasteiger partial charge is 0.367 e. The molecule has 0 bridgehead atoms. The SMILES string of the molecule is CC[C@H](C(=O)N1CCN(c2ccc(NC(C)=O)cc2C(=O)NCc2ccc(F)cc2)CC1)c1ccccc1. The second-order valence-electron chi connectivity index (χ2n) is 9.41. The third kappa shape index (κ3) is 6.56. The van der Waals surface area contributed by atoms with Gasteiger partial charge in [0.05, 0.1) is 11.5 Å². The number of nitrogens with one attached hydrogen (secondary N) is 2. The van der Waals surface area contributed by atoms with Gasteiger partial charge in [-0.15, -0.1) is 0 Å². The lowest BCUT2D eigenvalue weighted by atomic mass is 9.94. The van der Waals surface area contributed by atoms with E-state index in [4.69, 9.17) is 0 Å². The Morgan fingerprint density at radius 3 is 2.24 bits per heavy atom. The van der Waals surface area contributed by atoms with Gasteiger partial charge >= 0.3 is 0 Å². The lowest BCUT2D eigenvalue weighted by Crippen LogP contribution is -2.50. The number of piperazine rings is 1. The molecule has 2 N–H and O–H groups in total. The Morgan fingerprint density at radius 1 is 0.921 bits per heavy atom. The first-order chi connectivity index (χ1) is 18.4. The molecule has 3 aromatic rings. The number of anilines is 2. The molecule has 0 spiro atoms. The summed E-state index contributed by atoms with van der Waals surface area (Å²) in [7, 11) is 0. The van der Waals surface area contributed by atoms with Gasteiger partial charge in [0, 0.05) is 51.0 Å². The molecule has 0 aliphatic carbocycles. The van der Waals surface area contributed by atoms with Gasteiger partial charge in [-0.2, -0.15) is 0 Å². The Kier molecular flexibility index (Phi) is 8.73. The van der Waals surface area contributed by atoms with Crippen LogP contribution in [0.1, 0.15) is 47.7 Å². The minimum absolute atomic E-state index is 0.122. The van der Waals surface area contributed by atoms with Crippen LogP contribution < -0.4 is 15.5 Å². The second kappa shape index (κ2) is 12.4. The molecule has 198 valence electrons. The van der Waals surface area contributed by atoms with E-state index in [0.29, 0.717) is 37.4 Å². The Bertz CT molecular complexity index is 1270. The van der Waals surface area contributed by atoms with Crippen molar-refractivity contribution in [3.63, 3.8) is 0 Å². The number of carbonyl (C=O) groups excluding carboxylic acids is 3. The van der Waals surface area contributed by atoms with E-state index in [9.17, 15) is 18.8 Å². The maximum atomic E-state index is 13.3. The second-order valence-corrected chi connectivity index (χ2v) is 9.41. The Balaban J connectivity index is 1.48. The summed E-state index contributed by atoms with van der Waals surface area (Å²) < 4.78 is 13.2. The van der Waals surface area contributed by atoms with Crippen LogP contribution in [0.15, 0.2) is 72.8 Å². The summed E-state index contributed by atoms with van der Waals surface area (Å²) in [5, 5.41) is 5.63. The number of benzene rings is 3. The van der Waals surface area contributed by atoms with Crippen molar-refractivity contribution in [2.75, 3.05) is 36.4 Å². The van der Waals surface area contributed by atoms with Crippen molar-refractivity contribution in [3.8, 4) is 0 Å². The van der Waals surface area contributed by atoms with Gasteiger partial charge in [0.25, 0.3) is 5.91 Å². The summed E-state index contributed by atoms with van der Waals surface area (Å²) in [6, 6.07) is 21.1. The van der Waals surface area contributed by atoms with Crippen LogP contribution in [0.4, 0.5) is 15.8 Å². The van der Waals surface area contributed by atoms with Crippen LogP contribution in [-0.4, -0.2) is 48.8 Å². The van der Waals surface area contributed by atoms with Gasteiger partial charge in [-0.3, -0.25) is 14.4 Å². The molecule has 38 heavy (non-hydrogen) atoms. The van der Waals surface area contributed by atoms with Gasteiger partial charge in [-0.25, -0.2) is 4.39 Å². The normalized spacial score (nSPS) is 14.1. The minimum Gasteiger partial charge on any atom is -0.367 e. The molecule has 0 aromatic heterocycles. The molecule has 0 saturated carbocycles. The molecule has 1 heterocycles. The summed E-state index contributed by atoms with van der Waals surface area (Å²) in [5.41, 5.74) is 3.48. The zero-order chi connectivity index (χ0) is 27.1. The first-order valence-corrected chi connectivity index (χ1v) is 12.9. The number of amides is 3. The van der Waals surface area contributed by atoms with Gasteiger partial charge in [0.15, 0.2) is 0 Å². The Hall–Kier alpha value is -4.20. The van der Waals surface area contributed by atoms with Gasteiger partial charge in [-0.05, 0) is 47.9 Å². The van der Waals surface area contributed by atoms with Crippen molar-refractivity contribution < 1.29 is 18.8 Å². The van der Waals surface area contributed by atoms with E-state index in [1.165, 1.54) is 19.1 Å². The summed E-state index contributed by atoms with van der Waals surface area (Å²) in [6.07, 6.45) is 0.728. The van der Waals surface area contributed by atoms with Crippen molar-refractivity contribution in [2.45, 2.75) is 32.7 Å². The van der Waals surface area contributed by atoms with Gasteiger partial charge in [0.2, 0.25) is 11.8 Å².